The molecule has 0 aliphatic heterocycles. The Bertz CT molecular complexity index is 931. The van der Waals surface area contributed by atoms with Gasteiger partial charge in [0.15, 0.2) is 11.5 Å². The number of halogens is 1. The quantitative estimate of drug-likeness (QED) is 0.537. The maximum Gasteiger partial charge on any atom is 0.310 e. The van der Waals surface area contributed by atoms with Gasteiger partial charge in [0.1, 0.15) is 6.61 Å². The molecule has 0 fully saturated rings. The molecule has 0 heterocycles. The van der Waals surface area contributed by atoms with Gasteiger partial charge in [-0.05, 0) is 34.0 Å². The van der Waals surface area contributed by atoms with Crippen molar-refractivity contribution in [1.82, 2.24) is 0 Å². The topological polar surface area (TPSA) is 44.8 Å². The van der Waals surface area contributed by atoms with Gasteiger partial charge in [0, 0.05) is 4.47 Å². The molecule has 0 atom stereocenters. The Morgan fingerprint density at radius 2 is 1.62 bits per heavy atom. The fraction of sp³-hybridized carbons (Fsp3) is 0.190. The number of benzene rings is 3. The van der Waals surface area contributed by atoms with Crippen molar-refractivity contribution in [2.24, 2.45) is 0 Å². The van der Waals surface area contributed by atoms with Gasteiger partial charge >= 0.3 is 5.97 Å². The van der Waals surface area contributed by atoms with Crippen molar-refractivity contribution < 1.29 is 19.0 Å². The summed E-state index contributed by atoms with van der Waals surface area (Å²) in [4.78, 5) is 12.3. The summed E-state index contributed by atoms with van der Waals surface area (Å²) in [5.41, 5.74) is 1.77. The third-order valence-electron chi connectivity index (χ3n) is 4.16. The fourth-order valence-corrected chi connectivity index (χ4v) is 3.28. The van der Waals surface area contributed by atoms with Crippen LogP contribution in [0.5, 0.6) is 11.5 Å². The molecule has 0 radical (unpaired) electrons. The van der Waals surface area contributed by atoms with Gasteiger partial charge in [-0.15, -0.1) is 0 Å². The SMILES string of the molecule is COc1cc(Br)c(CC(=O)OCc2cccc3ccccc23)cc1OC. The van der Waals surface area contributed by atoms with Crippen LogP contribution in [-0.4, -0.2) is 20.2 Å². The van der Waals surface area contributed by atoms with Gasteiger partial charge in [-0.25, -0.2) is 0 Å². The first-order valence-electron chi connectivity index (χ1n) is 8.15. The zero-order chi connectivity index (χ0) is 18.5. The van der Waals surface area contributed by atoms with Crippen LogP contribution in [0, 0.1) is 0 Å². The summed E-state index contributed by atoms with van der Waals surface area (Å²) in [5, 5.41) is 2.22. The summed E-state index contributed by atoms with van der Waals surface area (Å²) < 4.78 is 16.8. The van der Waals surface area contributed by atoms with Gasteiger partial charge in [-0.1, -0.05) is 58.4 Å². The van der Waals surface area contributed by atoms with Crippen molar-refractivity contribution in [3.63, 3.8) is 0 Å². The molecule has 0 spiro atoms. The highest BCUT2D eigenvalue weighted by Crippen LogP contribution is 2.33. The lowest BCUT2D eigenvalue weighted by atomic mass is 10.1. The zero-order valence-corrected chi connectivity index (χ0v) is 16.2. The van der Waals surface area contributed by atoms with Gasteiger partial charge in [-0.2, -0.15) is 0 Å². The molecule has 0 saturated heterocycles. The Hall–Kier alpha value is -2.53. The van der Waals surface area contributed by atoms with E-state index in [1.807, 2.05) is 42.5 Å². The first kappa shape index (κ1) is 18.3. The molecule has 134 valence electrons. The van der Waals surface area contributed by atoms with Crippen LogP contribution in [0.1, 0.15) is 11.1 Å². The van der Waals surface area contributed by atoms with Gasteiger partial charge in [0.05, 0.1) is 20.6 Å². The van der Waals surface area contributed by atoms with E-state index in [1.165, 1.54) is 0 Å². The highest BCUT2D eigenvalue weighted by atomic mass is 79.9. The molecule has 5 heteroatoms. The van der Waals surface area contributed by atoms with E-state index in [0.29, 0.717) is 11.5 Å². The van der Waals surface area contributed by atoms with E-state index in [0.717, 1.165) is 26.4 Å². The van der Waals surface area contributed by atoms with Crippen LogP contribution in [-0.2, 0) is 22.6 Å². The van der Waals surface area contributed by atoms with Gasteiger partial charge in [0.25, 0.3) is 0 Å². The molecule has 0 unspecified atom stereocenters. The maximum absolute atomic E-state index is 12.3. The maximum atomic E-state index is 12.3. The van der Waals surface area contributed by atoms with Crippen molar-refractivity contribution >= 4 is 32.7 Å². The summed E-state index contributed by atoms with van der Waals surface area (Å²) >= 11 is 3.47. The first-order chi connectivity index (χ1) is 12.6. The van der Waals surface area contributed by atoms with Crippen LogP contribution in [0.2, 0.25) is 0 Å². The van der Waals surface area contributed by atoms with Gasteiger partial charge < -0.3 is 14.2 Å². The number of carbonyl (C=O) groups is 1. The average molecular weight is 415 g/mol. The molecule has 0 aliphatic rings. The Labute approximate surface area is 160 Å². The highest BCUT2D eigenvalue weighted by molar-refractivity contribution is 9.10. The Balaban J connectivity index is 1.71. The van der Waals surface area contributed by atoms with Crippen LogP contribution in [0.3, 0.4) is 0 Å². The standard InChI is InChI=1S/C21H19BrO4/c1-24-19-10-16(18(22)12-20(19)25-2)11-21(23)26-13-15-8-5-7-14-6-3-4-9-17(14)15/h3-10,12H,11,13H2,1-2H3. The number of carbonyl (C=O) groups excluding carboxylic acids is 1. The van der Waals surface area contributed by atoms with E-state index < -0.39 is 0 Å². The zero-order valence-electron chi connectivity index (χ0n) is 14.6. The second kappa shape index (κ2) is 8.23. The van der Waals surface area contributed by atoms with Crippen molar-refractivity contribution in [2.45, 2.75) is 13.0 Å². The monoisotopic (exact) mass is 414 g/mol. The van der Waals surface area contributed by atoms with Crippen LogP contribution in [0.4, 0.5) is 0 Å². The summed E-state index contributed by atoms with van der Waals surface area (Å²) in [6.45, 7) is 0.241. The largest absolute Gasteiger partial charge is 0.493 e. The Morgan fingerprint density at radius 3 is 2.38 bits per heavy atom. The van der Waals surface area contributed by atoms with Gasteiger partial charge in [-0.3, -0.25) is 4.79 Å². The molecule has 26 heavy (non-hydrogen) atoms. The third kappa shape index (κ3) is 3.99. The van der Waals surface area contributed by atoms with E-state index >= 15 is 0 Å². The summed E-state index contributed by atoms with van der Waals surface area (Å²) in [6.07, 6.45) is 0.145. The summed E-state index contributed by atoms with van der Waals surface area (Å²) in [6, 6.07) is 17.6. The van der Waals surface area contributed by atoms with Crippen LogP contribution < -0.4 is 9.47 Å². The number of fused-ring (bicyclic) bond motifs is 1. The van der Waals surface area contributed by atoms with Gasteiger partial charge in [0.2, 0.25) is 0 Å². The number of esters is 1. The predicted octanol–water partition coefficient (Wildman–Crippen LogP) is 4.91. The molecule has 0 saturated carbocycles. The number of hydrogen-bond acceptors (Lipinski definition) is 4. The molecular weight excluding hydrogens is 396 g/mol. The van der Waals surface area contributed by atoms with E-state index in [9.17, 15) is 4.79 Å². The lowest BCUT2D eigenvalue weighted by molar-refractivity contribution is -0.144. The van der Waals surface area contributed by atoms with Crippen molar-refractivity contribution in [3.8, 4) is 11.5 Å². The second-order valence-electron chi connectivity index (χ2n) is 5.77. The minimum absolute atomic E-state index is 0.145. The smallest absolute Gasteiger partial charge is 0.310 e. The van der Waals surface area contributed by atoms with Crippen molar-refractivity contribution in [1.29, 1.82) is 0 Å². The molecule has 4 nitrogen and oxygen atoms in total. The molecule has 0 aliphatic carbocycles. The summed E-state index contributed by atoms with van der Waals surface area (Å²) in [7, 11) is 3.14. The lowest BCUT2D eigenvalue weighted by Gasteiger charge is -2.12. The minimum atomic E-state index is -0.300. The number of hydrogen-bond donors (Lipinski definition) is 0. The number of ether oxygens (including phenoxy) is 3. The molecule has 0 N–H and O–H groups in total. The minimum Gasteiger partial charge on any atom is -0.493 e. The number of rotatable bonds is 6. The van der Waals surface area contributed by atoms with Crippen LogP contribution in [0.25, 0.3) is 10.8 Å². The molecule has 0 amide bonds. The highest BCUT2D eigenvalue weighted by Gasteiger charge is 2.14. The average Bonchev–Trinajstić information content (AvgIpc) is 2.67. The number of methoxy groups -OCH3 is 2. The first-order valence-corrected chi connectivity index (χ1v) is 8.94. The molecule has 3 aromatic rings. The molecular formula is C21H19BrO4. The molecule has 3 rings (SSSR count). The fourth-order valence-electron chi connectivity index (χ4n) is 2.81. The molecule has 0 aromatic heterocycles. The van der Waals surface area contributed by atoms with Crippen molar-refractivity contribution in [3.05, 3.63) is 70.2 Å². The normalized spacial score (nSPS) is 10.6. The predicted molar refractivity (Wildman–Crippen MR) is 105 cm³/mol. The Morgan fingerprint density at radius 1 is 0.923 bits per heavy atom. The second-order valence-corrected chi connectivity index (χ2v) is 6.63. The van der Waals surface area contributed by atoms with E-state index in [1.54, 1.807) is 26.4 Å². The molecule has 3 aromatic carbocycles. The van der Waals surface area contributed by atoms with E-state index in [2.05, 4.69) is 15.9 Å². The lowest BCUT2D eigenvalue weighted by Crippen LogP contribution is -2.09. The van der Waals surface area contributed by atoms with Crippen molar-refractivity contribution in [2.75, 3.05) is 14.2 Å². The summed E-state index contributed by atoms with van der Waals surface area (Å²) in [5.74, 6) is 0.880. The van der Waals surface area contributed by atoms with E-state index in [4.69, 9.17) is 14.2 Å². The molecule has 0 bridgehead atoms. The van der Waals surface area contributed by atoms with Crippen LogP contribution >= 0.6 is 15.9 Å². The van der Waals surface area contributed by atoms with E-state index in [-0.39, 0.29) is 19.0 Å². The third-order valence-corrected chi connectivity index (χ3v) is 4.89. The van der Waals surface area contributed by atoms with Crippen LogP contribution in [0.15, 0.2) is 59.1 Å². The Kier molecular flexibility index (Phi) is 5.78.